The fourth-order valence-corrected chi connectivity index (χ4v) is 2.65. The van der Waals surface area contributed by atoms with Gasteiger partial charge >= 0.3 is 0 Å². The van der Waals surface area contributed by atoms with Crippen LogP contribution in [0.1, 0.15) is 26.2 Å². The maximum atomic E-state index is 12.1. The summed E-state index contributed by atoms with van der Waals surface area (Å²) in [5.41, 5.74) is 6.32. The lowest BCUT2D eigenvalue weighted by Crippen LogP contribution is -2.41. The molecule has 0 saturated carbocycles. The van der Waals surface area contributed by atoms with E-state index < -0.39 is 0 Å². The Morgan fingerprint density at radius 3 is 2.81 bits per heavy atom. The molecule has 2 rings (SSSR count). The third-order valence-electron chi connectivity index (χ3n) is 4.02. The molecule has 1 heterocycles. The molecule has 0 radical (unpaired) electrons. The number of nitrogens with two attached hydrogens (primary N) is 1. The smallest absolute Gasteiger partial charge is 0.225 e. The molecule has 1 atom stereocenters. The largest absolute Gasteiger partial charge is 0.493 e. The first-order valence-corrected chi connectivity index (χ1v) is 7.50. The Labute approximate surface area is 125 Å². The highest BCUT2D eigenvalue weighted by Gasteiger charge is 2.25. The number of aliphatic hydroxyl groups excluding tert-OH is 1. The molecular formula is C16H24N2O3. The van der Waals surface area contributed by atoms with E-state index >= 15 is 0 Å². The van der Waals surface area contributed by atoms with Crippen LogP contribution in [0.4, 0.5) is 5.69 Å². The summed E-state index contributed by atoms with van der Waals surface area (Å²) in [4.78, 5) is 14.0. The van der Waals surface area contributed by atoms with Gasteiger partial charge in [-0.1, -0.05) is 6.07 Å². The Bertz CT molecular complexity index is 468. The monoisotopic (exact) mass is 292 g/mol. The van der Waals surface area contributed by atoms with E-state index in [1.54, 1.807) is 12.1 Å². The first-order chi connectivity index (χ1) is 10.1. The number of nitrogens with zero attached hydrogens (tertiary/aromatic N) is 1. The van der Waals surface area contributed by atoms with Gasteiger partial charge in [0.1, 0.15) is 5.75 Å². The second-order valence-electron chi connectivity index (χ2n) is 5.63. The second-order valence-corrected chi connectivity index (χ2v) is 5.63. The normalized spacial score (nSPS) is 17.5. The maximum absolute atomic E-state index is 12.1. The SMILES string of the molecule is CC(O)C1CCN(C(=O)CCOc2cccc(N)c2)CC1. The number of carbonyl (C=O) groups is 1. The van der Waals surface area contributed by atoms with Crippen molar-refractivity contribution < 1.29 is 14.6 Å². The number of hydrogen-bond donors (Lipinski definition) is 2. The summed E-state index contributed by atoms with van der Waals surface area (Å²) in [6.45, 7) is 3.64. The molecule has 0 bridgehead atoms. The summed E-state index contributed by atoms with van der Waals surface area (Å²) in [7, 11) is 0. The van der Waals surface area contributed by atoms with Gasteiger partial charge in [0.25, 0.3) is 0 Å². The lowest BCUT2D eigenvalue weighted by Gasteiger charge is -2.33. The van der Waals surface area contributed by atoms with Crippen LogP contribution in [0.2, 0.25) is 0 Å². The van der Waals surface area contributed by atoms with Crippen LogP contribution in [-0.2, 0) is 4.79 Å². The third-order valence-corrected chi connectivity index (χ3v) is 4.02. The molecule has 1 unspecified atom stereocenters. The van der Waals surface area contributed by atoms with Crippen LogP contribution in [0.3, 0.4) is 0 Å². The van der Waals surface area contributed by atoms with Gasteiger partial charge in [-0.3, -0.25) is 4.79 Å². The van der Waals surface area contributed by atoms with Crippen LogP contribution in [-0.4, -0.2) is 41.7 Å². The number of likely N-dealkylation sites (tertiary alicyclic amines) is 1. The highest BCUT2D eigenvalue weighted by molar-refractivity contribution is 5.76. The van der Waals surface area contributed by atoms with Crippen molar-refractivity contribution in [1.29, 1.82) is 0 Å². The van der Waals surface area contributed by atoms with Crippen molar-refractivity contribution in [1.82, 2.24) is 4.90 Å². The average Bonchev–Trinajstić information content (AvgIpc) is 2.47. The van der Waals surface area contributed by atoms with Gasteiger partial charge < -0.3 is 20.5 Å². The van der Waals surface area contributed by atoms with Crippen molar-refractivity contribution in [2.45, 2.75) is 32.3 Å². The molecule has 1 saturated heterocycles. The van der Waals surface area contributed by atoms with E-state index in [2.05, 4.69) is 0 Å². The summed E-state index contributed by atoms with van der Waals surface area (Å²) in [6, 6.07) is 7.20. The summed E-state index contributed by atoms with van der Waals surface area (Å²) in [6.07, 6.45) is 1.83. The zero-order chi connectivity index (χ0) is 15.2. The second kappa shape index (κ2) is 7.31. The predicted molar refractivity (Wildman–Crippen MR) is 82.0 cm³/mol. The molecule has 3 N–H and O–H groups in total. The minimum atomic E-state index is -0.283. The Morgan fingerprint density at radius 1 is 1.48 bits per heavy atom. The minimum Gasteiger partial charge on any atom is -0.493 e. The van der Waals surface area contributed by atoms with Crippen molar-refractivity contribution in [3.05, 3.63) is 24.3 Å². The van der Waals surface area contributed by atoms with Gasteiger partial charge in [-0.2, -0.15) is 0 Å². The topological polar surface area (TPSA) is 75.8 Å². The van der Waals surface area contributed by atoms with Gasteiger partial charge in [-0.05, 0) is 37.8 Å². The minimum absolute atomic E-state index is 0.114. The number of benzene rings is 1. The van der Waals surface area contributed by atoms with E-state index in [0.29, 0.717) is 30.4 Å². The molecule has 1 aromatic rings. The molecule has 0 aromatic heterocycles. The van der Waals surface area contributed by atoms with Gasteiger partial charge in [0.05, 0.1) is 19.1 Å². The van der Waals surface area contributed by atoms with E-state index in [9.17, 15) is 9.90 Å². The first-order valence-electron chi connectivity index (χ1n) is 7.50. The summed E-state index contributed by atoms with van der Waals surface area (Å²) in [5, 5.41) is 9.56. The van der Waals surface area contributed by atoms with Crippen LogP contribution in [0, 0.1) is 5.92 Å². The van der Waals surface area contributed by atoms with E-state index in [1.165, 1.54) is 0 Å². The Hall–Kier alpha value is -1.75. The van der Waals surface area contributed by atoms with Gasteiger partial charge in [0.2, 0.25) is 5.91 Å². The van der Waals surface area contributed by atoms with E-state index in [0.717, 1.165) is 25.9 Å². The Morgan fingerprint density at radius 2 is 2.19 bits per heavy atom. The number of nitrogen functional groups attached to an aromatic ring is 1. The number of hydrogen-bond acceptors (Lipinski definition) is 4. The molecule has 1 aliphatic rings. The van der Waals surface area contributed by atoms with E-state index in [1.807, 2.05) is 24.0 Å². The van der Waals surface area contributed by atoms with Crippen LogP contribution in [0.25, 0.3) is 0 Å². The Kier molecular flexibility index (Phi) is 5.44. The molecule has 1 amide bonds. The number of amides is 1. The maximum Gasteiger partial charge on any atom is 0.225 e. The molecule has 5 heteroatoms. The van der Waals surface area contributed by atoms with Crippen LogP contribution >= 0.6 is 0 Å². The van der Waals surface area contributed by atoms with Crippen molar-refractivity contribution in [3.63, 3.8) is 0 Å². The number of piperidine rings is 1. The van der Waals surface area contributed by atoms with Crippen LogP contribution in [0.5, 0.6) is 5.75 Å². The van der Waals surface area contributed by atoms with Gasteiger partial charge in [0, 0.05) is 24.8 Å². The van der Waals surface area contributed by atoms with Crippen molar-refractivity contribution in [2.75, 3.05) is 25.4 Å². The van der Waals surface area contributed by atoms with Crippen molar-refractivity contribution in [3.8, 4) is 5.75 Å². The molecule has 1 aliphatic heterocycles. The van der Waals surface area contributed by atoms with Gasteiger partial charge in [-0.15, -0.1) is 0 Å². The van der Waals surface area contributed by atoms with E-state index in [4.69, 9.17) is 10.5 Å². The Balaban J connectivity index is 1.71. The predicted octanol–water partition coefficient (Wildman–Crippen LogP) is 1.66. The van der Waals surface area contributed by atoms with Gasteiger partial charge in [-0.25, -0.2) is 0 Å². The first kappa shape index (κ1) is 15.6. The number of rotatable bonds is 5. The summed E-state index contributed by atoms with van der Waals surface area (Å²) >= 11 is 0. The molecule has 21 heavy (non-hydrogen) atoms. The molecular weight excluding hydrogens is 268 g/mol. The molecule has 0 spiro atoms. The van der Waals surface area contributed by atoms with Crippen LogP contribution in [0.15, 0.2) is 24.3 Å². The molecule has 1 fully saturated rings. The van der Waals surface area contributed by atoms with E-state index in [-0.39, 0.29) is 12.0 Å². The summed E-state index contributed by atoms with van der Waals surface area (Å²) < 4.78 is 5.54. The fraction of sp³-hybridized carbons (Fsp3) is 0.562. The number of carbonyl (C=O) groups excluding carboxylic acids is 1. The lowest BCUT2D eigenvalue weighted by molar-refractivity contribution is -0.133. The third kappa shape index (κ3) is 4.63. The highest BCUT2D eigenvalue weighted by atomic mass is 16.5. The molecule has 0 aliphatic carbocycles. The lowest BCUT2D eigenvalue weighted by atomic mass is 9.92. The molecule has 1 aromatic carbocycles. The summed E-state index contributed by atoms with van der Waals surface area (Å²) in [5.74, 6) is 1.12. The van der Waals surface area contributed by atoms with Gasteiger partial charge in [0.15, 0.2) is 0 Å². The van der Waals surface area contributed by atoms with Crippen molar-refractivity contribution >= 4 is 11.6 Å². The molecule has 5 nitrogen and oxygen atoms in total. The standard InChI is InChI=1S/C16H24N2O3/c1-12(19)13-5-8-18(9-6-13)16(20)7-10-21-15-4-2-3-14(17)11-15/h2-4,11-13,19H,5-10,17H2,1H3. The number of anilines is 1. The zero-order valence-electron chi connectivity index (χ0n) is 12.5. The fourth-order valence-electron chi connectivity index (χ4n) is 2.65. The quantitative estimate of drug-likeness (QED) is 0.809. The van der Waals surface area contributed by atoms with Crippen molar-refractivity contribution in [2.24, 2.45) is 5.92 Å². The number of ether oxygens (including phenoxy) is 1. The molecule has 116 valence electrons. The van der Waals surface area contributed by atoms with Crippen LogP contribution < -0.4 is 10.5 Å². The zero-order valence-corrected chi connectivity index (χ0v) is 12.5. The number of aliphatic hydroxyl groups is 1. The average molecular weight is 292 g/mol. The highest BCUT2D eigenvalue weighted by Crippen LogP contribution is 2.21.